The van der Waals surface area contributed by atoms with E-state index < -0.39 is 10.0 Å². The maximum atomic E-state index is 12.7. The number of para-hydroxylation sites is 1. The predicted octanol–water partition coefficient (Wildman–Crippen LogP) is 2.88. The second-order valence-electron chi connectivity index (χ2n) is 7.40. The largest absolute Gasteiger partial charge is 0.379 e. The standard InChI is InChI=1S/C21H25ClN4O3S2/c22-19-3-1-2-4-20(19)24-9-11-25(12-10-24)21(30)23-17-5-7-18(8-6-17)31(27,28)26-13-15-29-16-14-26/h1-8H,9-16H2,(H,23,30). The summed E-state index contributed by atoms with van der Waals surface area (Å²) in [5.41, 5.74) is 1.80. The summed E-state index contributed by atoms with van der Waals surface area (Å²) in [5, 5.41) is 4.60. The van der Waals surface area contributed by atoms with Crippen LogP contribution in [0, 0.1) is 0 Å². The van der Waals surface area contributed by atoms with Gasteiger partial charge in [0.2, 0.25) is 10.0 Å². The Labute approximate surface area is 193 Å². The second-order valence-corrected chi connectivity index (χ2v) is 10.1. The average Bonchev–Trinajstić information content (AvgIpc) is 2.80. The van der Waals surface area contributed by atoms with Gasteiger partial charge in [-0.2, -0.15) is 4.31 Å². The molecule has 0 amide bonds. The quantitative estimate of drug-likeness (QED) is 0.675. The maximum Gasteiger partial charge on any atom is 0.243 e. The van der Waals surface area contributed by atoms with Crippen molar-refractivity contribution in [3.05, 3.63) is 53.6 Å². The third-order valence-corrected chi connectivity index (χ3v) is 8.07. The molecule has 2 aliphatic heterocycles. The number of piperazine rings is 1. The van der Waals surface area contributed by atoms with Crippen LogP contribution in [0.2, 0.25) is 5.02 Å². The smallest absolute Gasteiger partial charge is 0.243 e. The fourth-order valence-corrected chi connectivity index (χ4v) is 5.67. The molecule has 31 heavy (non-hydrogen) atoms. The van der Waals surface area contributed by atoms with Gasteiger partial charge in [0.25, 0.3) is 0 Å². The molecule has 0 bridgehead atoms. The third-order valence-electron chi connectivity index (χ3n) is 5.47. The summed E-state index contributed by atoms with van der Waals surface area (Å²) in [6, 6.07) is 14.6. The fraction of sp³-hybridized carbons (Fsp3) is 0.381. The molecule has 166 valence electrons. The molecule has 4 rings (SSSR count). The first-order chi connectivity index (χ1) is 14.9. The summed E-state index contributed by atoms with van der Waals surface area (Å²) >= 11 is 11.9. The van der Waals surface area contributed by atoms with Gasteiger partial charge in [0, 0.05) is 45.0 Å². The van der Waals surface area contributed by atoms with Crippen LogP contribution < -0.4 is 10.2 Å². The molecule has 2 aromatic carbocycles. The number of rotatable bonds is 4. The Morgan fingerprint density at radius 3 is 2.23 bits per heavy atom. The van der Waals surface area contributed by atoms with Crippen molar-refractivity contribution >= 4 is 50.3 Å². The summed E-state index contributed by atoms with van der Waals surface area (Å²) in [7, 11) is -3.50. The van der Waals surface area contributed by atoms with Gasteiger partial charge in [-0.1, -0.05) is 23.7 Å². The zero-order chi connectivity index (χ0) is 21.8. The highest BCUT2D eigenvalue weighted by atomic mass is 35.5. The monoisotopic (exact) mass is 480 g/mol. The lowest BCUT2D eigenvalue weighted by Crippen LogP contribution is -2.50. The number of anilines is 2. The van der Waals surface area contributed by atoms with Gasteiger partial charge in [-0.15, -0.1) is 0 Å². The van der Waals surface area contributed by atoms with Crippen LogP contribution in [0.4, 0.5) is 11.4 Å². The van der Waals surface area contributed by atoms with Gasteiger partial charge in [-0.3, -0.25) is 0 Å². The van der Waals surface area contributed by atoms with Crippen molar-refractivity contribution in [3.63, 3.8) is 0 Å². The number of nitrogens with one attached hydrogen (secondary N) is 1. The maximum absolute atomic E-state index is 12.7. The van der Waals surface area contributed by atoms with Crippen LogP contribution in [0.5, 0.6) is 0 Å². The lowest BCUT2D eigenvalue weighted by Gasteiger charge is -2.37. The Hall–Kier alpha value is -1.91. The summed E-state index contributed by atoms with van der Waals surface area (Å²) in [5.74, 6) is 0. The first kappa shape index (κ1) is 22.3. The van der Waals surface area contributed by atoms with Gasteiger partial charge < -0.3 is 19.9 Å². The minimum Gasteiger partial charge on any atom is -0.379 e. The zero-order valence-electron chi connectivity index (χ0n) is 17.0. The summed E-state index contributed by atoms with van der Waals surface area (Å²) < 4.78 is 32.2. The van der Waals surface area contributed by atoms with Gasteiger partial charge >= 0.3 is 0 Å². The van der Waals surface area contributed by atoms with Gasteiger partial charge in [-0.25, -0.2) is 8.42 Å². The Morgan fingerprint density at radius 2 is 1.58 bits per heavy atom. The summed E-state index contributed by atoms with van der Waals surface area (Å²) in [4.78, 5) is 4.65. The molecule has 2 heterocycles. The van der Waals surface area contributed by atoms with Crippen molar-refractivity contribution in [2.75, 3.05) is 62.7 Å². The van der Waals surface area contributed by atoms with Crippen molar-refractivity contribution in [2.45, 2.75) is 4.90 Å². The lowest BCUT2D eigenvalue weighted by atomic mass is 10.2. The van der Waals surface area contributed by atoms with Crippen molar-refractivity contribution in [2.24, 2.45) is 0 Å². The van der Waals surface area contributed by atoms with E-state index in [1.165, 1.54) is 4.31 Å². The van der Waals surface area contributed by atoms with E-state index in [-0.39, 0.29) is 4.90 Å². The molecule has 10 heteroatoms. The van der Waals surface area contributed by atoms with Crippen LogP contribution >= 0.6 is 23.8 Å². The highest BCUT2D eigenvalue weighted by Crippen LogP contribution is 2.26. The first-order valence-electron chi connectivity index (χ1n) is 10.2. The third kappa shape index (κ3) is 5.12. The van der Waals surface area contributed by atoms with E-state index in [4.69, 9.17) is 28.6 Å². The number of thiocarbonyl (C=S) groups is 1. The normalized spacial score (nSPS) is 18.1. The number of sulfonamides is 1. The van der Waals surface area contributed by atoms with E-state index >= 15 is 0 Å². The Balaban J connectivity index is 1.33. The molecule has 2 aromatic rings. The van der Waals surface area contributed by atoms with Gasteiger partial charge in [0.15, 0.2) is 5.11 Å². The van der Waals surface area contributed by atoms with E-state index in [2.05, 4.69) is 15.1 Å². The molecule has 0 atom stereocenters. The molecule has 1 N–H and O–H groups in total. The molecule has 0 radical (unpaired) electrons. The highest BCUT2D eigenvalue weighted by molar-refractivity contribution is 7.89. The molecule has 0 aromatic heterocycles. The van der Waals surface area contributed by atoms with E-state index in [0.29, 0.717) is 31.4 Å². The Morgan fingerprint density at radius 1 is 0.935 bits per heavy atom. The number of benzene rings is 2. The molecule has 0 spiro atoms. The van der Waals surface area contributed by atoms with Crippen molar-refractivity contribution in [1.82, 2.24) is 9.21 Å². The fourth-order valence-electron chi connectivity index (χ4n) is 3.71. The lowest BCUT2D eigenvalue weighted by molar-refractivity contribution is 0.0730. The Kier molecular flexibility index (Phi) is 6.98. The number of hydrogen-bond acceptors (Lipinski definition) is 5. The molecule has 0 aliphatic carbocycles. The van der Waals surface area contributed by atoms with Crippen LogP contribution in [0.1, 0.15) is 0 Å². The minimum atomic E-state index is -3.50. The SMILES string of the molecule is O=S(=O)(c1ccc(NC(=S)N2CCN(c3ccccc3Cl)CC2)cc1)N1CCOCC1. The van der Waals surface area contributed by atoms with Crippen LogP contribution in [0.25, 0.3) is 0 Å². The van der Waals surface area contributed by atoms with E-state index in [0.717, 1.165) is 42.6 Å². The topological polar surface area (TPSA) is 65.1 Å². The second kappa shape index (κ2) is 9.70. The summed E-state index contributed by atoms with van der Waals surface area (Å²) in [6.45, 7) is 4.82. The predicted molar refractivity (Wildman–Crippen MR) is 127 cm³/mol. The molecular weight excluding hydrogens is 456 g/mol. The van der Waals surface area contributed by atoms with Gasteiger partial charge in [0.05, 0.1) is 28.8 Å². The molecule has 0 unspecified atom stereocenters. The van der Waals surface area contributed by atoms with Crippen LogP contribution in [-0.4, -0.2) is 75.2 Å². The number of nitrogens with zero attached hydrogens (tertiary/aromatic N) is 3. The summed E-state index contributed by atoms with van der Waals surface area (Å²) in [6.07, 6.45) is 0. The molecule has 2 saturated heterocycles. The van der Waals surface area contributed by atoms with E-state index in [1.807, 2.05) is 24.3 Å². The number of morpholine rings is 1. The number of ether oxygens (including phenoxy) is 1. The van der Waals surface area contributed by atoms with E-state index in [1.54, 1.807) is 24.3 Å². The van der Waals surface area contributed by atoms with Gasteiger partial charge in [0.1, 0.15) is 0 Å². The molecular formula is C21H25ClN4O3S2. The Bertz CT molecular complexity index is 1020. The molecule has 2 fully saturated rings. The van der Waals surface area contributed by atoms with E-state index in [9.17, 15) is 8.42 Å². The molecule has 7 nitrogen and oxygen atoms in total. The molecule has 0 saturated carbocycles. The van der Waals surface area contributed by atoms with Gasteiger partial charge in [-0.05, 0) is 48.6 Å². The zero-order valence-corrected chi connectivity index (χ0v) is 19.4. The number of halogens is 1. The van der Waals surface area contributed by atoms with Crippen molar-refractivity contribution in [1.29, 1.82) is 0 Å². The number of hydrogen-bond donors (Lipinski definition) is 1. The highest BCUT2D eigenvalue weighted by Gasteiger charge is 2.26. The van der Waals surface area contributed by atoms with Crippen molar-refractivity contribution in [3.8, 4) is 0 Å². The van der Waals surface area contributed by atoms with Crippen molar-refractivity contribution < 1.29 is 13.2 Å². The average molecular weight is 481 g/mol. The minimum absolute atomic E-state index is 0.277. The molecule has 2 aliphatic rings. The first-order valence-corrected chi connectivity index (χ1v) is 12.4. The van der Waals surface area contributed by atoms with Crippen LogP contribution in [0.3, 0.4) is 0 Å². The van der Waals surface area contributed by atoms with Crippen LogP contribution in [0.15, 0.2) is 53.4 Å². The van der Waals surface area contributed by atoms with Crippen LogP contribution in [-0.2, 0) is 14.8 Å².